The molecule has 0 aliphatic rings. The van der Waals surface area contributed by atoms with Crippen molar-refractivity contribution in [2.45, 2.75) is 26.4 Å². The van der Waals surface area contributed by atoms with Crippen LogP contribution < -0.4 is 5.32 Å². The molecule has 0 amide bonds. The van der Waals surface area contributed by atoms with Crippen molar-refractivity contribution in [1.29, 1.82) is 0 Å². The summed E-state index contributed by atoms with van der Waals surface area (Å²) < 4.78 is 0. The quantitative estimate of drug-likeness (QED) is 0.799. The second-order valence-electron chi connectivity index (χ2n) is 4.93. The van der Waals surface area contributed by atoms with Crippen molar-refractivity contribution in [3.63, 3.8) is 0 Å². The number of rotatable bonds is 4. The van der Waals surface area contributed by atoms with E-state index >= 15 is 0 Å². The fourth-order valence-electron chi connectivity index (χ4n) is 1.91. The maximum atomic E-state index is 4.64. The summed E-state index contributed by atoms with van der Waals surface area (Å²) in [4.78, 5) is 4.64. The predicted molar refractivity (Wildman–Crippen MR) is 82.6 cm³/mol. The van der Waals surface area contributed by atoms with Crippen molar-refractivity contribution in [3.8, 4) is 10.7 Å². The molecule has 0 fully saturated rings. The smallest absolute Gasteiger partial charge is 0.166 e. The molecule has 0 atom stereocenters. The van der Waals surface area contributed by atoms with Gasteiger partial charge in [-0.2, -0.15) is 0 Å². The van der Waals surface area contributed by atoms with Gasteiger partial charge >= 0.3 is 0 Å². The number of hydrogen-bond acceptors (Lipinski definition) is 5. The zero-order chi connectivity index (χ0) is 13.9. The SMILES string of the molecule is CC(C)NCc1nnc(-c2ccc3ccccc3n2)s1. The highest BCUT2D eigenvalue weighted by atomic mass is 32.1. The highest BCUT2D eigenvalue weighted by molar-refractivity contribution is 7.14. The summed E-state index contributed by atoms with van der Waals surface area (Å²) in [6, 6.07) is 12.6. The Morgan fingerprint density at radius 1 is 1.10 bits per heavy atom. The lowest BCUT2D eigenvalue weighted by Gasteiger charge is -2.03. The maximum Gasteiger partial charge on any atom is 0.166 e. The summed E-state index contributed by atoms with van der Waals surface area (Å²) in [6.07, 6.45) is 0. The Hall–Kier alpha value is -1.85. The van der Waals surface area contributed by atoms with Crippen molar-refractivity contribution in [1.82, 2.24) is 20.5 Å². The van der Waals surface area contributed by atoms with Gasteiger partial charge in [0.15, 0.2) is 5.01 Å². The summed E-state index contributed by atoms with van der Waals surface area (Å²) in [5.74, 6) is 0. The fraction of sp³-hybridized carbons (Fsp3) is 0.267. The Kier molecular flexibility index (Phi) is 3.71. The molecule has 3 rings (SSSR count). The van der Waals surface area contributed by atoms with Crippen molar-refractivity contribution in [2.24, 2.45) is 0 Å². The number of nitrogens with zero attached hydrogens (tertiary/aromatic N) is 3. The summed E-state index contributed by atoms with van der Waals surface area (Å²) in [5.41, 5.74) is 1.87. The van der Waals surface area contributed by atoms with Crippen molar-refractivity contribution >= 4 is 22.2 Å². The van der Waals surface area contributed by atoms with Gasteiger partial charge in [0.05, 0.1) is 5.52 Å². The Morgan fingerprint density at radius 2 is 1.95 bits per heavy atom. The van der Waals surface area contributed by atoms with E-state index in [2.05, 4.69) is 46.5 Å². The van der Waals surface area contributed by atoms with E-state index in [0.29, 0.717) is 6.04 Å². The number of benzene rings is 1. The molecule has 2 heterocycles. The van der Waals surface area contributed by atoms with E-state index in [1.807, 2.05) is 24.3 Å². The van der Waals surface area contributed by atoms with Crippen LogP contribution >= 0.6 is 11.3 Å². The molecular weight excluding hydrogens is 268 g/mol. The van der Waals surface area contributed by atoms with E-state index in [1.54, 1.807) is 11.3 Å². The van der Waals surface area contributed by atoms with Gasteiger partial charge < -0.3 is 5.32 Å². The molecular formula is C15H16N4S. The van der Waals surface area contributed by atoms with Crippen LogP contribution in [0.2, 0.25) is 0 Å². The molecule has 0 aliphatic heterocycles. The molecule has 4 nitrogen and oxygen atoms in total. The third kappa shape index (κ3) is 2.84. The molecule has 0 bridgehead atoms. The van der Waals surface area contributed by atoms with E-state index in [9.17, 15) is 0 Å². The molecule has 0 radical (unpaired) electrons. The molecule has 0 aliphatic carbocycles. The lowest BCUT2D eigenvalue weighted by atomic mass is 10.2. The average molecular weight is 284 g/mol. The van der Waals surface area contributed by atoms with Crippen molar-refractivity contribution in [3.05, 3.63) is 41.4 Å². The first-order valence-electron chi connectivity index (χ1n) is 6.64. The van der Waals surface area contributed by atoms with Gasteiger partial charge in [-0.15, -0.1) is 10.2 Å². The molecule has 0 saturated carbocycles. The molecule has 0 spiro atoms. The minimum atomic E-state index is 0.446. The number of nitrogens with one attached hydrogen (secondary N) is 1. The fourth-order valence-corrected chi connectivity index (χ4v) is 2.67. The van der Waals surface area contributed by atoms with Crippen LogP contribution in [0.4, 0.5) is 0 Å². The monoisotopic (exact) mass is 284 g/mol. The topological polar surface area (TPSA) is 50.7 Å². The third-order valence-electron chi connectivity index (χ3n) is 2.95. The third-order valence-corrected chi connectivity index (χ3v) is 3.89. The standard InChI is InChI=1S/C15H16N4S/c1-10(2)16-9-14-18-19-15(20-14)13-8-7-11-5-3-4-6-12(11)17-13/h3-8,10,16H,9H2,1-2H3. The molecule has 0 unspecified atom stereocenters. The van der Waals surface area contributed by atoms with E-state index in [1.165, 1.54) is 0 Å². The molecule has 2 aromatic heterocycles. The van der Waals surface area contributed by atoms with Gasteiger partial charge in [0.25, 0.3) is 0 Å². The van der Waals surface area contributed by atoms with Crippen LogP contribution in [0.3, 0.4) is 0 Å². The molecule has 5 heteroatoms. The molecule has 102 valence electrons. The van der Waals surface area contributed by atoms with E-state index in [0.717, 1.165) is 33.2 Å². The molecule has 1 aromatic carbocycles. The van der Waals surface area contributed by atoms with Crippen LogP contribution in [-0.4, -0.2) is 21.2 Å². The zero-order valence-electron chi connectivity index (χ0n) is 11.5. The summed E-state index contributed by atoms with van der Waals surface area (Å²) >= 11 is 1.59. The van der Waals surface area contributed by atoms with Gasteiger partial charge in [-0.1, -0.05) is 49.4 Å². The van der Waals surface area contributed by atoms with Gasteiger partial charge in [-0.3, -0.25) is 0 Å². The molecule has 3 aromatic rings. The Labute approximate surface area is 121 Å². The molecule has 20 heavy (non-hydrogen) atoms. The van der Waals surface area contributed by atoms with Crippen molar-refractivity contribution < 1.29 is 0 Å². The lowest BCUT2D eigenvalue weighted by Crippen LogP contribution is -2.21. The van der Waals surface area contributed by atoms with Gasteiger partial charge in [-0.25, -0.2) is 4.98 Å². The van der Waals surface area contributed by atoms with Crippen LogP contribution in [0.25, 0.3) is 21.6 Å². The first-order chi connectivity index (χ1) is 9.72. The van der Waals surface area contributed by atoms with Crippen LogP contribution in [0.1, 0.15) is 18.9 Å². The van der Waals surface area contributed by atoms with Gasteiger partial charge in [0.1, 0.15) is 10.7 Å². The zero-order valence-corrected chi connectivity index (χ0v) is 12.3. The number of para-hydroxylation sites is 1. The Balaban J connectivity index is 1.87. The average Bonchev–Trinajstić information content (AvgIpc) is 2.93. The second kappa shape index (κ2) is 5.64. The number of aromatic nitrogens is 3. The van der Waals surface area contributed by atoms with Gasteiger partial charge in [0.2, 0.25) is 0 Å². The lowest BCUT2D eigenvalue weighted by molar-refractivity contribution is 0.585. The van der Waals surface area contributed by atoms with Gasteiger partial charge in [-0.05, 0) is 12.1 Å². The van der Waals surface area contributed by atoms with E-state index < -0.39 is 0 Å². The van der Waals surface area contributed by atoms with Crippen LogP contribution in [-0.2, 0) is 6.54 Å². The highest BCUT2D eigenvalue weighted by Crippen LogP contribution is 2.24. The maximum absolute atomic E-state index is 4.64. The van der Waals surface area contributed by atoms with Crippen molar-refractivity contribution in [2.75, 3.05) is 0 Å². The second-order valence-corrected chi connectivity index (χ2v) is 5.99. The highest BCUT2D eigenvalue weighted by Gasteiger charge is 2.08. The Morgan fingerprint density at radius 3 is 2.80 bits per heavy atom. The predicted octanol–water partition coefficient (Wildman–Crippen LogP) is 3.25. The largest absolute Gasteiger partial charge is 0.308 e. The molecule has 0 saturated heterocycles. The van der Waals surface area contributed by atoms with Crippen LogP contribution in [0.5, 0.6) is 0 Å². The van der Waals surface area contributed by atoms with Crippen LogP contribution in [0, 0.1) is 0 Å². The summed E-state index contributed by atoms with van der Waals surface area (Å²) in [6.45, 7) is 4.99. The Bertz CT molecular complexity index is 720. The minimum Gasteiger partial charge on any atom is -0.308 e. The van der Waals surface area contributed by atoms with Crippen LogP contribution in [0.15, 0.2) is 36.4 Å². The summed E-state index contributed by atoms with van der Waals surface area (Å²) in [5, 5.41) is 14.8. The number of pyridine rings is 1. The first-order valence-corrected chi connectivity index (χ1v) is 7.46. The van der Waals surface area contributed by atoms with Gasteiger partial charge in [0, 0.05) is 18.0 Å². The minimum absolute atomic E-state index is 0.446. The number of hydrogen-bond donors (Lipinski definition) is 1. The first kappa shape index (κ1) is 13.1. The number of fused-ring (bicyclic) bond motifs is 1. The van der Waals surface area contributed by atoms with E-state index in [-0.39, 0.29) is 0 Å². The normalized spacial score (nSPS) is 11.3. The van der Waals surface area contributed by atoms with E-state index in [4.69, 9.17) is 0 Å². The summed E-state index contributed by atoms with van der Waals surface area (Å²) in [7, 11) is 0. The molecule has 1 N–H and O–H groups in total.